The number of unbranched alkanes of at least 4 members (excludes halogenated alkanes) is 37. The third kappa shape index (κ3) is 58.0. The molecule has 0 aromatic rings. The van der Waals surface area contributed by atoms with Crippen molar-refractivity contribution in [2.75, 3.05) is 40.9 Å². The number of nitrogens with zero attached hydrogens (tertiary/aromatic N) is 1. The molecule has 1 amide bonds. The Kier molecular flexibility index (Phi) is 54.1. The monoisotopic (exact) mass is 1050 g/mol. The van der Waals surface area contributed by atoms with E-state index in [1.165, 1.54) is 212 Å². The second-order valence-corrected chi connectivity index (χ2v) is 24.2. The van der Waals surface area contributed by atoms with E-state index in [4.69, 9.17) is 9.05 Å². The number of carbonyl (C=O) groups excluding carboxylic acids is 1. The minimum absolute atomic E-state index is 0.0732. The molecule has 0 fully saturated rings. The molecule has 0 aromatic carbocycles. The van der Waals surface area contributed by atoms with Crippen molar-refractivity contribution in [2.24, 2.45) is 0 Å². The van der Waals surface area contributed by atoms with Gasteiger partial charge in [-0.1, -0.05) is 294 Å². The van der Waals surface area contributed by atoms with Gasteiger partial charge >= 0.3 is 7.82 Å². The highest BCUT2D eigenvalue weighted by Gasteiger charge is 2.28. The van der Waals surface area contributed by atoms with Gasteiger partial charge in [0.2, 0.25) is 5.91 Å². The number of aliphatic hydroxyl groups excluding tert-OH is 1. The Morgan fingerprint density at radius 1 is 0.479 bits per heavy atom. The standard InChI is InChI=1S/C64H123N2O6P/c1-6-8-10-12-14-16-18-20-22-24-26-28-30-31-32-33-34-36-37-39-41-43-45-47-49-51-53-55-57-63(67)62(61-72-73(69,70)71-60-59-66(3,4)5)65-64(68)58-56-54-52-50-48-46-44-42-40-38-35-29-27-25-23-21-19-17-15-13-11-9-7-2/h9,11,15,17,21,23,27,29,62-63,67H,6-8,10,12-14,16,18-20,22,24-26,28,30-61H2,1-5H3,(H-,65,68,69,70)/p+1/b11-9-,17-15-,23-21-,29-27-. The van der Waals surface area contributed by atoms with Crippen molar-refractivity contribution in [3.05, 3.63) is 48.6 Å². The number of amides is 1. The van der Waals surface area contributed by atoms with Crippen LogP contribution in [0.4, 0.5) is 0 Å². The van der Waals surface area contributed by atoms with Crippen molar-refractivity contribution >= 4 is 13.7 Å². The molecule has 0 aromatic heterocycles. The highest BCUT2D eigenvalue weighted by molar-refractivity contribution is 7.47. The molecule has 0 aliphatic carbocycles. The molecule has 430 valence electrons. The van der Waals surface area contributed by atoms with Crippen LogP contribution >= 0.6 is 7.82 Å². The maximum Gasteiger partial charge on any atom is 0.472 e. The van der Waals surface area contributed by atoms with Crippen LogP contribution in [0, 0.1) is 0 Å². The number of phosphoric acid groups is 1. The topological polar surface area (TPSA) is 105 Å². The highest BCUT2D eigenvalue weighted by Crippen LogP contribution is 2.43. The van der Waals surface area contributed by atoms with Crippen LogP contribution in [0.2, 0.25) is 0 Å². The van der Waals surface area contributed by atoms with E-state index < -0.39 is 20.0 Å². The third-order valence-electron chi connectivity index (χ3n) is 14.3. The van der Waals surface area contributed by atoms with Gasteiger partial charge in [-0.05, 0) is 51.4 Å². The van der Waals surface area contributed by atoms with Gasteiger partial charge in [-0.25, -0.2) is 4.57 Å². The predicted molar refractivity (Wildman–Crippen MR) is 318 cm³/mol. The minimum atomic E-state index is -4.33. The number of hydrogen-bond acceptors (Lipinski definition) is 5. The number of allylic oxidation sites excluding steroid dienone is 8. The van der Waals surface area contributed by atoms with Crippen molar-refractivity contribution in [3.8, 4) is 0 Å². The van der Waals surface area contributed by atoms with Crippen LogP contribution in [-0.2, 0) is 18.4 Å². The Balaban J connectivity index is 4.10. The van der Waals surface area contributed by atoms with Crippen LogP contribution in [-0.4, -0.2) is 73.4 Å². The maximum atomic E-state index is 13.0. The molecule has 0 spiro atoms. The molecular weight excluding hydrogens is 924 g/mol. The highest BCUT2D eigenvalue weighted by atomic mass is 31.2. The van der Waals surface area contributed by atoms with Crippen molar-refractivity contribution in [3.63, 3.8) is 0 Å². The summed E-state index contributed by atoms with van der Waals surface area (Å²) in [5, 5.41) is 14.1. The van der Waals surface area contributed by atoms with Crippen LogP contribution < -0.4 is 5.32 Å². The van der Waals surface area contributed by atoms with Gasteiger partial charge in [0.1, 0.15) is 13.2 Å². The molecule has 3 N–H and O–H groups in total. The molecule has 8 nitrogen and oxygen atoms in total. The lowest BCUT2D eigenvalue weighted by Gasteiger charge is -2.26. The van der Waals surface area contributed by atoms with E-state index in [1.54, 1.807) is 0 Å². The summed E-state index contributed by atoms with van der Waals surface area (Å²) in [5.41, 5.74) is 0. The lowest BCUT2D eigenvalue weighted by Crippen LogP contribution is -2.46. The minimum Gasteiger partial charge on any atom is -0.391 e. The molecule has 0 aliphatic rings. The summed E-state index contributed by atoms with van der Waals surface area (Å²) >= 11 is 0. The summed E-state index contributed by atoms with van der Waals surface area (Å²) in [7, 11) is 1.62. The number of likely N-dealkylation sites (N-methyl/N-ethyl adjacent to an activating group) is 1. The van der Waals surface area contributed by atoms with Crippen molar-refractivity contribution in [1.29, 1.82) is 0 Å². The Labute approximate surface area is 454 Å². The number of carbonyl (C=O) groups is 1. The van der Waals surface area contributed by atoms with Crippen molar-refractivity contribution in [2.45, 2.75) is 315 Å². The molecule has 73 heavy (non-hydrogen) atoms. The fourth-order valence-electron chi connectivity index (χ4n) is 9.45. The number of hydrogen-bond donors (Lipinski definition) is 3. The predicted octanol–water partition coefficient (Wildman–Crippen LogP) is 19.5. The van der Waals surface area contributed by atoms with Crippen LogP contribution in [0.15, 0.2) is 48.6 Å². The molecule has 0 bridgehead atoms. The fraction of sp³-hybridized carbons (Fsp3) is 0.859. The Morgan fingerprint density at radius 3 is 1.21 bits per heavy atom. The quantitative estimate of drug-likeness (QED) is 0.0243. The van der Waals surface area contributed by atoms with E-state index in [0.29, 0.717) is 23.9 Å². The zero-order chi connectivity index (χ0) is 53.5. The second kappa shape index (κ2) is 55.2. The zero-order valence-corrected chi connectivity index (χ0v) is 50.0. The van der Waals surface area contributed by atoms with E-state index in [0.717, 1.165) is 64.2 Å². The third-order valence-corrected chi connectivity index (χ3v) is 15.3. The average molecular weight is 1050 g/mol. The molecule has 9 heteroatoms. The Bertz CT molecular complexity index is 1330. The molecule has 0 saturated carbocycles. The Hall–Kier alpha value is -1.54. The normalized spacial score (nSPS) is 14.1. The molecule has 0 radical (unpaired) electrons. The van der Waals surface area contributed by atoms with Gasteiger partial charge < -0.3 is 19.8 Å². The van der Waals surface area contributed by atoms with Gasteiger partial charge in [0.15, 0.2) is 0 Å². The van der Waals surface area contributed by atoms with Crippen LogP contribution in [0.3, 0.4) is 0 Å². The van der Waals surface area contributed by atoms with E-state index in [2.05, 4.69) is 67.8 Å². The summed E-state index contributed by atoms with van der Waals surface area (Å²) in [4.78, 5) is 23.4. The molecule has 3 atom stereocenters. The first-order valence-electron chi connectivity index (χ1n) is 31.5. The molecule has 0 aliphatic heterocycles. The summed E-state index contributed by atoms with van der Waals surface area (Å²) in [5.74, 6) is -0.146. The summed E-state index contributed by atoms with van der Waals surface area (Å²) in [6.45, 7) is 4.81. The van der Waals surface area contributed by atoms with Gasteiger partial charge in [-0.3, -0.25) is 13.8 Å². The van der Waals surface area contributed by atoms with Gasteiger partial charge in [0, 0.05) is 6.42 Å². The maximum absolute atomic E-state index is 13.0. The first-order valence-corrected chi connectivity index (χ1v) is 33.0. The van der Waals surface area contributed by atoms with Gasteiger partial charge in [0.25, 0.3) is 0 Å². The largest absolute Gasteiger partial charge is 0.472 e. The average Bonchev–Trinajstić information content (AvgIpc) is 3.35. The van der Waals surface area contributed by atoms with Crippen LogP contribution in [0.25, 0.3) is 0 Å². The lowest BCUT2D eigenvalue weighted by atomic mass is 10.0. The van der Waals surface area contributed by atoms with E-state index >= 15 is 0 Å². The first-order chi connectivity index (χ1) is 35.5. The van der Waals surface area contributed by atoms with Gasteiger partial charge in [-0.2, -0.15) is 0 Å². The molecule has 0 heterocycles. The summed E-state index contributed by atoms with van der Waals surface area (Å²) < 4.78 is 23.8. The second-order valence-electron chi connectivity index (χ2n) is 22.8. The number of aliphatic hydroxyl groups is 1. The molecule has 3 unspecified atom stereocenters. The van der Waals surface area contributed by atoms with Crippen LogP contribution in [0.1, 0.15) is 303 Å². The first kappa shape index (κ1) is 71.5. The van der Waals surface area contributed by atoms with E-state index in [-0.39, 0.29) is 19.1 Å². The number of quaternary nitrogens is 1. The van der Waals surface area contributed by atoms with Crippen LogP contribution in [0.5, 0.6) is 0 Å². The summed E-state index contributed by atoms with van der Waals surface area (Å²) in [6, 6.07) is -0.766. The molecule has 0 rings (SSSR count). The van der Waals surface area contributed by atoms with E-state index in [1.807, 2.05) is 21.1 Å². The summed E-state index contributed by atoms with van der Waals surface area (Å²) in [6.07, 6.45) is 73.3. The molecule has 0 saturated heterocycles. The van der Waals surface area contributed by atoms with Gasteiger partial charge in [-0.15, -0.1) is 0 Å². The number of nitrogens with one attached hydrogen (secondary N) is 1. The van der Waals surface area contributed by atoms with E-state index in [9.17, 15) is 19.4 Å². The number of phosphoric ester groups is 1. The molecular formula is C64H124N2O6P+. The SMILES string of the molecule is CC/C=C\C/C=C\C/C=C\C/C=C\CCCCCCCCCCCCC(=O)NC(COP(=O)(O)OCC[N+](C)(C)C)C(O)CCCCCCCCCCCCCCCCCCCCCCCCCCCCCC. The Morgan fingerprint density at radius 2 is 0.822 bits per heavy atom. The fourth-order valence-corrected chi connectivity index (χ4v) is 10.2. The van der Waals surface area contributed by atoms with Crippen molar-refractivity contribution in [1.82, 2.24) is 5.32 Å². The van der Waals surface area contributed by atoms with Crippen molar-refractivity contribution < 1.29 is 32.9 Å². The zero-order valence-electron chi connectivity index (χ0n) is 49.1. The van der Waals surface area contributed by atoms with Gasteiger partial charge in [0.05, 0.1) is 39.9 Å². The smallest absolute Gasteiger partial charge is 0.391 e. The lowest BCUT2D eigenvalue weighted by molar-refractivity contribution is -0.870. The number of rotatable bonds is 58.